The van der Waals surface area contributed by atoms with Crippen molar-refractivity contribution in [3.63, 3.8) is 0 Å². The monoisotopic (exact) mass is 297 g/mol. The van der Waals surface area contributed by atoms with Crippen LogP contribution in [0.1, 0.15) is 16.8 Å². The maximum absolute atomic E-state index is 12.3. The van der Waals surface area contributed by atoms with Crippen LogP contribution in [0.15, 0.2) is 18.2 Å². The van der Waals surface area contributed by atoms with Crippen molar-refractivity contribution in [2.45, 2.75) is 12.5 Å². The second kappa shape index (κ2) is 8.11. The highest BCUT2D eigenvalue weighted by molar-refractivity contribution is 6.01. The van der Waals surface area contributed by atoms with Gasteiger partial charge in [-0.25, -0.2) is 4.79 Å². The van der Waals surface area contributed by atoms with Crippen LogP contribution in [0.5, 0.6) is 11.5 Å². The Bertz CT molecular complexity index is 480. The summed E-state index contributed by atoms with van der Waals surface area (Å²) >= 11 is 0. The van der Waals surface area contributed by atoms with Gasteiger partial charge in [-0.05, 0) is 12.1 Å². The van der Waals surface area contributed by atoms with Crippen molar-refractivity contribution in [2.24, 2.45) is 0 Å². The second-order valence-corrected chi connectivity index (χ2v) is 4.18. The van der Waals surface area contributed by atoms with Crippen LogP contribution >= 0.6 is 0 Å². The van der Waals surface area contributed by atoms with Gasteiger partial charge in [-0.2, -0.15) is 0 Å². The highest BCUT2D eigenvalue weighted by atomic mass is 16.5. The van der Waals surface area contributed by atoms with Crippen molar-refractivity contribution < 1.29 is 28.9 Å². The first-order valence-electron chi connectivity index (χ1n) is 6.28. The molecule has 0 aromatic heterocycles. The average molecular weight is 297 g/mol. The molecule has 7 heteroatoms. The van der Waals surface area contributed by atoms with E-state index in [4.69, 9.17) is 19.3 Å². The standard InChI is InChI=1S/C14H19NO6/c1-19-8-7-9(14(17)18)15-13(16)12-10(20-2)5-4-6-11(12)21-3/h4-6,9H,7-8H2,1-3H3,(H,15,16)(H,17,18). The minimum atomic E-state index is -1.13. The molecule has 0 aliphatic heterocycles. The first-order chi connectivity index (χ1) is 10.0. The lowest BCUT2D eigenvalue weighted by Gasteiger charge is -2.17. The van der Waals surface area contributed by atoms with E-state index in [-0.39, 0.29) is 18.6 Å². The van der Waals surface area contributed by atoms with Crippen LogP contribution in [0.2, 0.25) is 0 Å². The number of carbonyl (C=O) groups is 2. The Balaban J connectivity index is 2.99. The van der Waals surface area contributed by atoms with Gasteiger partial charge in [0.15, 0.2) is 0 Å². The Morgan fingerprint density at radius 3 is 2.19 bits per heavy atom. The molecule has 1 aromatic rings. The van der Waals surface area contributed by atoms with E-state index in [1.54, 1.807) is 18.2 Å². The molecular formula is C14H19NO6. The van der Waals surface area contributed by atoms with Gasteiger partial charge in [-0.15, -0.1) is 0 Å². The maximum atomic E-state index is 12.3. The number of benzene rings is 1. The minimum Gasteiger partial charge on any atom is -0.496 e. The van der Waals surface area contributed by atoms with Gasteiger partial charge in [0.1, 0.15) is 23.1 Å². The second-order valence-electron chi connectivity index (χ2n) is 4.18. The molecule has 1 atom stereocenters. The fourth-order valence-corrected chi connectivity index (χ4v) is 1.80. The summed E-state index contributed by atoms with van der Waals surface area (Å²) in [7, 11) is 4.31. The molecule has 21 heavy (non-hydrogen) atoms. The van der Waals surface area contributed by atoms with Crippen LogP contribution in [0, 0.1) is 0 Å². The molecule has 2 N–H and O–H groups in total. The van der Waals surface area contributed by atoms with E-state index in [1.165, 1.54) is 21.3 Å². The van der Waals surface area contributed by atoms with Gasteiger partial charge in [0.25, 0.3) is 5.91 Å². The van der Waals surface area contributed by atoms with E-state index in [0.29, 0.717) is 11.5 Å². The van der Waals surface area contributed by atoms with Crippen LogP contribution in [0.3, 0.4) is 0 Å². The topological polar surface area (TPSA) is 94.1 Å². The van der Waals surface area contributed by atoms with Gasteiger partial charge in [0.2, 0.25) is 0 Å². The van der Waals surface area contributed by atoms with Gasteiger partial charge in [0, 0.05) is 20.1 Å². The number of hydrogen-bond acceptors (Lipinski definition) is 5. The van der Waals surface area contributed by atoms with Gasteiger partial charge in [-0.1, -0.05) is 6.07 Å². The molecule has 116 valence electrons. The third-order valence-corrected chi connectivity index (χ3v) is 2.87. The van der Waals surface area contributed by atoms with Crippen molar-refractivity contribution in [1.29, 1.82) is 0 Å². The van der Waals surface area contributed by atoms with Crippen molar-refractivity contribution in [3.8, 4) is 11.5 Å². The summed E-state index contributed by atoms with van der Waals surface area (Å²) in [5.41, 5.74) is 0.158. The summed E-state index contributed by atoms with van der Waals surface area (Å²) < 4.78 is 15.1. The lowest BCUT2D eigenvalue weighted by Crippen LogP contribution is -2.41. The molecule has 0 saturated carbocycles. The van der Waals surface area contributed by atoms with Crippen LogP contribution < -0.4 is 14.8 Å². The number of nitrogens with one attached hydrogen (secondary N) is 1. The fourth-order valence-electron chi connectivity index (χ4n) is 1.80. The number of carboxylic acids is 1. The number of carbonyl (C=O) groups excluding carboxylic acids is 1. The molecule has 1 aromatic carbocycles. The molecule has 0 heterocycles. The Morgan fingerprint density at radius 2 is 1.76 bits per heavy atom. The maximum Gasteiger partial charge on any atom is 0.326 e. The molecule has 0 spiro atoms. The van der Waals surface area contributed by atoms with Crippen molar-refractivity contribution in [2.75, 3.05) is 27.9 Å². The Morgan fingerprint density at radius 1 is 1.19 bits per heavy atom. The Labute approximate surface area is 122 Å². The molecule has 0 bridgehead atoms. The fraction of sp³-hybridized carbons (Fsp3) is 0.429. The van der Waals surface area contributed by atoms with E-state index < -0.39 is 17.9 Å². The molecule has 0 saturated heterocycles. The smallest absolute Gasteiger partial charge is 0.326 e. The Kier molecular flexibility index (Phi) is 6.48. The van der Waals surface area contributed by atoms with Crippen molar-refractivity contribution in [3.05, 3.63) is 23.8 Å². The number of carboxylic acid groups (broad SMARTS) is 1. The van der Waals surface area contributed by atoms with E-state index in [9.17, 15) is 9.59 Å². The lowest BCUT2D eigenvalue weighted by molar-refractivity contribution is -0.139. The molecule has 0 radical (unpaired) electrons. The van der Waals surface area contributed by atoms with Crippen LogP contribution in [-0.2, 0) is 9.53 Å². The zero-order chi connectivity index (χ0) is 15.8. The largest absolute Gasteiger partial charge is 0.496 e. The zero-order valence-corrected chi connectivity index (χ0v) is 12.2. The number of aliphatic carboxylic acids is 1. The quantitative estimate of drug-likeness (QED) is 0.741. The number of rotatable bonds is 8. The summed E-state index contributed by atoms with van der Waals surface area (Å²) in [5.74, 6) is -1.09. The van der Waals surface area contributed by atoms with Gasteiger partial charge in [-0.3, -0.25) is 4.79 Å². The summed E-state index contributed by atoms with van der Waals surface area (Å²) in [6.07, 6.45) is 0.162. The summed E-state index contributed by atoms with van der Waals surface area (Å²) in [5, 5.41) is 11.6. The average Bonchev–Trinajstić information content (AvgIpc) is 2.49. The third-order valence-electron chi connectivity index (χ3n) is 2.87. The van der Waals surface area contributed by atoms with Crippen LogP contribution in [-0.4, -0.2) is 51.0 Å². The SMILES string of the molecule is COCCC(NC(=O)c1c(OC)cccc1OC)C(=O)O. The molecule has 1 rings (SSSR count). The molecule has 0 aliphatic rings. The summed E-state index contributed by atoms with van der Waals surface area (Å²) in [4.78, 5) is 23.5. The number of ether oxygens (including phenoxy) is 3. The van der Waals surface area contributed by atoms with Crippen molar-refractivity contribution >= 4 is 11.9 Å². The highest BCUT2D eigenvalue weighted by Gasteiger charge is 2.24. The van der Waals surface area contributed by atoms with Gasteiger partial charge >= 0.3 is 5.97 Å². The zero-order valence-electron chi connectivity index (χ0n) is 12.2. The van der Waals surface area contributed by atoms with E-state index in [1.807, 2.05) is 0 Å². The molecule has 7 nitrogen and oxygen atoms in total. The number of hydrogen-bond donors (Lipinski definition) is 2. The lowest BCUT2D eigenvalue weighted by atomic mass is 10.1. The number of amides is 1. The van der Waals surface area contributed by atoms with E-state index in [2.05, 4.69) is 5.32 Å². The van der Waals surface area contributed by atoms with E-state index in [0.717, 1.165) is 0 Å². The predicted molar refractivity (Wildman–Crippen MR) is 74.9 cm³/mol. The molecular weight excluding hydrogens is 278 g/mol. The molecule has 1 amide bonds. The summed E-state index contributed by atoms with van der Waals surface area (Å²) in [6, 6.07) is 3.82. The molecule has 1 unspecified atom stereocenters. The van der Waals surface area contributed by atoms with Gasteiger partial charge < -0.3 is 24.6 Å². The van der Waals surface area contributed by atoms with Crippen molar-refractivity contribution in [1.82, 2.24) is 5.32 Å². The molecule has 0 aliphatic carbocycles. The van der Waals surface area contributed by atoms with Gasteiger partial charge in [0.05, 0.1) is 14.2 Å². The van der Waals surface area contributed by atoms with Crippen LogP contribution in [0.25, 0.3) is 0 Å². The minimum absolute atomic E-state index is 0.158. The predicted octanol–water partition coefficient (Wildman–Crippen LogP) is 0.923. The Hall–Kier alpha value is -2.28. The third kappa shape index (κ3) is 4.35. The molecule has 0 fully saturated rings. The van der Waals surface area contributed by atoms with E-state index >= 15 is 0 Å². The van der Waals surface area contributed by atoms with Crippen LogP contribution in [0.4, 0.5) is 0 Å². The normalized spacial score (nSPS) is 11.6. The number of methoxy groups -OCH3 is 3. The highest BCUT2D eigenvalue weighted by Crippen LogP contribution is 2.28. The first-order valence-corrected chi connectivity index (χ1v) is 6.28. The summed E-state index contributed by atoms with van der Waals surface area (Å²) in [6.45, 7) is 0.223. The first kappa shape index (κ1) is 16.8.